The summed E-state index contributed by atoms with van der Waals surface area (Å²) in [5.41, 5.74) is 2.66. The van der Waals surface area contributed by atoms with Gasteiger partial charge in [0.1, 0.15) is 13.2 Å². The molecule has 0 unspecified atom stereocenters. The monoisotopic (exact) mass is 356 g/mol. The Hall–Kier alpha value is -2.66. The molecule has 128 valence electrons. The van der Waals surface area contributed by atoms with Gasteiger partial charge in [0.15, 0.2) is 17.3 Å². The van der Waals surface area contributed by atoms with E-state index in [2.05, 4.69) is 10.3 Å². The van der Waals surface area contributed by atoms with Gasteiger partial charge >= 0.3 is 0 Å². The highest BCUT2D eigenvalue weighted by atomic mass is 35.5. The predicted octanol–water partition coefficient (Wildman–Crippen LogP) is 4.69. The van der Waals surface area contributed by atoms with Gasteiger partial charge < -0.3 is 19.2 Å². The first kappa shape index (κ1) is 15.8. The molecule has 0 saturated carbocycles. The molecule has 1 N–H and O–H groups in total. The quantitative estimate of drug-likeness (QED) is 0.735. The van der Waals surface area contributed by atoms with Gasteiger partial charge in [-0.15, -0.1) is 0 Å². The van der Waals surface area contributed by atoms with Gasteiger partial charge in [-0.25, -0.2) is 4.98 Å². The minimum absolute atomic E-state index is 0.453. The Labute approximate surface area is 150 Å². The van der Waals surface area contributed by atoms with Crippen molar-refractivity contribution < 1.29 is 13.9 Å². The van der Waals surface area contributed by atoms with E-state index in [0.29, 0.717) is 30.7 Å². The molecule has 0 radical (unpaired) electrons. The Kier molecular flexibility index (Phi) is 4.24. The number of anilines is 1. The average Bonchev–Trinajstić information content (AvgIpc) is 3.01. The van der Waals surface area contributed by atoms with Crippen molar-refractivity contribution in [3.05, 3.63) is 59.1 Å². The molecule has 1 aliphatic heterocycles. The second-order valence-electron chi connectivity index (χ2n) is 5.71. The smallest absolute Gasteiger partial charge is 0.214 e. The van der Waals surface area contributed by atoms with E-state index in [1.54, 1.807) is 0 Å². The molecule has 3 aromatic rings. The minimum Gasteiger partial charge on any atom is -0.486 e. The van der Waals surface area contributed by atoms with Gasteiger partial charge in [0, 0.05) is 10.6 Å². The molecular weight excluding hydrogens is 340 g/mol. The molecule has 25 heavy (non-hydrogen) atoms. The lowest BCUT2D eigenvalue weighted by atomic mass is 10.1. The fraction of sp³-hybridized carbons (Fsp3) is 0.211. The van der Waals surface area contributed by atoms with Gasteiger partial charge in [-0.1, -0.05) is 17.7 Å². The van der Waals surface area contributed by atoms with Crippen LogP contribution in [0.4, 0.5) is 5.69 Å². The van der Waals surface area contributed by atoms with E-state index < -0.39 is 0 Å². The molecule has 6 heteroatoms. The summed E-state index contributed by atoms with van der Waals surface area (Å²) in [6.07, 6.45) is 0. The van der Waals surface area contributed by atoms with Crippen LogP contribution in [-0.2, 0) is 6.54 Å². The SMILES string of the molecule is Cc1nc(CNc2cccc3c2OCCO3)oc1-c1ccc(Cl)cc1. The van der Waals surface area contributed by atoms with Gasteiger partial charge in [-0.2, -0.15) is 0 Å². The fourth-order valence-corrected chi connectivity index (χ4v) is 2.91. The van der Waals surface area contributed by atoms with Crippen LogP contribution in [0.1, 0.15) is 11.6 Å². The molecule has 0 bridgehead atoms. The van der Waals surface area contributed by atoms with Crippen LogP contribution in [0, 0.1) is 6.92 Å². The molecule has 0 spiro atoms. The zero-order chi connectivity index (χ0) is 17.2. The summed E-state index contributed by atoms with van der Waals surface area (Å²) in [5, 5.41) is 4.00. The topological polar surface area (TPSA) is 56.5 Å². The third kappa shape index (κ3) is 3.28. The normalized spacial score (nSPS) is 12.9. The Morgan fingerprint density at radius 2 is 1.88 bits per heavy atom. The summed E-state index contributed by atoms with van der Waals surface area (Å²) in [6.45, 7) is 3.50. The molecule has 0 atom stereocenters. The number of nitrogens with zero attached hydrogens (tertiary/aromatic N) is 1. The number of hydrogen-bond acceptors (Lipinski definition) is 5. The van der Waals surface area contributed by atoms with Gasteiger partial charge in [0.25, 0.3) is 0 Å². The first-order valence-electron chi connectivity index (χ1n) is 8.05. The Morgan fingerprint density at radius 3 is 2.72 bits per heavy atom. The first-order valence-corrected chi connectivity index (χ1v) is 8.43. The molecule has 0 fully saturated rings. The summed E-state index contributed by atoms with van der Waals surface area (Å²) in [5.74, 6) is 2.84. The van der Waals surface area contributed by atoms with Crippen LogP contribution in [0.25, 0.3) is 11.3 Å². The Morgan fingerprint density at radius 1 is 1.08 bits per heavy atom. The maximum absolute atomic E-state index is 5.94. The largest absolute Gasteiger partial charge is 0.486 e. The Balaban J connectivity index is 1.53. The van der Waals surface area contributed by atoms with Crippen molar-refractivity contribution >= 4 is 17.3 Å². The summed E-state index contributed by atoms with van der Waals surface area (Å²) in [6, 6.07) is 13.3. The molecule has 4 rings (SSSR count). The van der Waals surface area contributed by atoms with Gasteiger partial charge in [-0.3, -0.25) is 0 Å². The van der Waals surface area contributed by atoms with Crippen molar-refractivity contribution in [3.8, 4) is 22.8 Å². The molecule has 5 nitrogen and oxygen atoms in total. The van der Waals surface area contributed by atoms with Crippen LogP contribution in [0.2, 0.25) is 5.02 Å². The van der Waals surface area contributed by atoms with E-state index in [-0.39, 0.29) is 0 Å². The number of nitrogens with one attached hydrogen (secondary N) is 1. The molecule has 0 saturated heterocycles. The van der Waals surface area contributed by atoms with Crippen molar-refractivity contribution in [1.29, 1.82) is 0 Å². The fourth-order valence-electron chi connectivity index (χ4n) is 2.78. The standard InChI is InChI=1S/C19H17ClN2O3/c1-12-18(13-5-7-14(20)8-6-13)25-17(22-12)11-21-15-3-2-4-16-19(15)24-10-9-23-16/h2-8,21H,9-11H2,1H3. The van der Waals surface area contributed by atoms with Crippen LogP contribution >= 0.6 is 11.6 Å². The summed E-state index contributed by atoms with van der Waals surface area (Å²) >= 11 is 5.94. The first-order chi connectivity index (χ1) is 12.2. The lowest BCUT2D eigenvalue weighted by Crippen LogP contribution is -2.16. The second-order valence-corrected chi connectivity index (χ2v) is 6.15. The number of halogens is 1. The lowest BCUT2D eigenvalue weighted by Gasteiger charge is -2.21. The third-order valence-corrected chi connectivity index (χ3v) is 4.20. The van der Waals surface area contributed by atoms with E-state index in [1.165, 1.54) is 0 Å². The van der Waals surface area contributed by atoms with Gasteiger partial charge in [-0.05, 0) is 43.3 Å². The molecular formula is C19H17ClN2O3. The molecule has 0 aliphatic carbocycles. The van der Waals surface area contributed by atoms with E-state index in [0.717, 1.165) is 34.2 Å². The average molecular weight is 357 g/mol. The molecule has 2 aromatic carbocycles. The predicted molar refractivity (Wildman–Crippen MR) is 96.4 cm³/mol. The van der Waals surface area contributed by atoms with E-state index in [1.807, 2.05) is 49.4 Å². The van der Waals surface area contributed by atoms with Crippen molar-refractivity contribution in [2.45, 2.75) is 13.5 Å². The molecule has 2 heterocycles. The van der Waals surface area contributed by atoms with Gasteiger partial charge in [0.2, 0.25) is 5.89 Å². The van der Waals surface area contributed by atoms with Gasteiger partial charge in [0.05, 0.1) is 17.9 Å². The lowest BCUT2D eigenvalue weighted by molar-refractivity contribution is 0.172. The Bertz CT molecular complexity index is 890. The highest BCUT2D eigenvalue weighted by Gasteiger charge is 2.17. The van der Waals surface area contributed by atoms with Crippen LogP contribution in [0.15, 0.2) is 46.9 Å². The van der Waals surface area contributed by atoms with Crippen LogP contribution in [0.3, 0.4) is 0 Å². The number of oxazole rings is 1. The number of benzene rings is 2. The van der Waals surface area contributed by atoms with Crippen molar-refractivity contribution in [2.75, 3.05) is 18.5 Å². The number of hydrogen-bond donors (Lipinski definition) is 1. The zero-order valence-corrected chi connectivity index (χ0v) is 14.5. The van der Waals surface area contributed by atoms with E-state index in [9.17, 15) is 0 Å². The number of para-hydroxylation sites is 1. The minimum atomic E-state index is 0.453. The number of aryl methyl sites for hydroxylation is 1. The summed E-state index contributed by atoms with van der Waals surface area (Å²) < 4.78 is 17.2. The van der Waals surface area contributed by atoms with E-state index in [4.69, 9.17) is 25.5 Å². The van der Waals surface area contributed by atoms with Crippen LogP contribution in [0.5, 0.6) is 11.5 Å². The van der Waals surface area contributed by atoms with Crippen LogP contribution in [-0.4, -0.2) is 18.2 Å². The maximum Gasteiger partial charge on any atom is 0.214 e. The molecule has 1 aliphatic rings. The second kappa shape index (κ2) is 6.69. The highest BCUT2D eigenvalue weighted by molar-refractivity contribution is 6.30. The van der Waals surface area contributed by atoms with E-state index >= 15 is 0 Å². The number of fused-ring (bicyclic) bond motifs is 1. The van der Waals surface area contributed by atoms with Crippen molar-refractivity contribution in [3.63, 3.8) is 0 Å². The van der Waals surface area contributed by atoms with Crippen molar-refractivity contribution in [2.24, 2.45) is 0 Å². The maximum atomic E-state index is 5.94. The molecule has 1 aromatic heterocycles. The third-order valence-electron chi connectivity index (χ3n) is 3.94. The number of ether oxygens (including phenoxy) is 2. The number of rotatable bonds is 4. The summed E-state index contributed by atoms with van der Waals surface area (Å²) in [7, 11) is 0. The summed E-state index contributed by atoms with van der Waals surface area (Å²) in [4.78, 5) is 4.50. The van der Waals surface area contributed by atoms with Crippen molar-refractivity contribution in [1.82, 2.24) is 4.98 Å². The zero-order valence-electron chi connectivity index (χ0n) is 13.7. The highest BCUT2D eigenvalue weighted by Crippen LogP contribution is 2.37. The van der Waals surface area contributed by atoms with Crippen LogP contribution < -0.4 is 14.8 Å². The number of aromatic nitrogens is 1. The molecule has 0 amide bonds.